The Balaban J connectivity index is 1.75. The summed E-state index contributed by atoms with van der Waals surface area (Å²) in [6, 6.07) is 9.26. The summed E-state index contributed by atoms with van der Waals surface area (Å²) in [5.74, 6) is -4.19. The number of aliphatic hydroxyl groups excluding tert-OH is 2. The molecule has 0 amide bonds. The molecule has 5 rings (SSSR count). The Morgan fingerprint density at radius 1 is 1.02 bits per heavy atom. The van der Waals surface area contributed by atoms with Crippen LogP contribution in [0.1, 0.15) is 84.4 Å². The second-order valence-corrected chi connectivity index (χ2v) is 14.8. The first-order valence-electron chi connectivity index (χ1n) is 16.2. The molecular weight excluding hydrogens is 584 g/mol. The van der Waals surface area contributed by atoms with Gasteiger partial charge >= 0.3 is 0 Å². The third-order valence-corrected chi connectivity index (χ3v) is 10.7. The van der Waals surface area contributed by atoms with Gasteiger partial charge in [0, 0.05) is 27.9 Å². The lowest BCUT2D eigenvalue weighted by Crippen LogP contribution is -2.69. The number of carbonyl (C=O) groups is 3. The molecule has 0 heterocycles. The van der Waals surface area contributed by atoms with Crippen molar-refractivity contribution in [3.8, 4) is 22.6 Å². The normalized spacial score (nSPS) is 27.6. The van der Waals surface area contributed by atoms with Gasteiger partial charge in [-0.3, -0.25) is 14.4 Å². The first-order valence-corrected chi connectivity index (χ1v) is 16.2. The van der Waals surface area contributed by atoms with Crippen LogP contribution in [0, 0.1) is 28.6 Å². The number of phenolic OH excluding ortho intramolecular Hbond substituents is 1. The standard InChI is InChI=1S/C38H46O8/c1-19(2)10-9-11-22-12-15-27(46-8)24(16-22)23-13-14-26(40)29-25(23)17-36(6)18-37(7)30(20(3)4)32(41)28(21(5)39)34(43)38(37,45)35(44)31(36)33(29)42/h12-16,19-20,30,40,42-43,45H,9-11,17-18H2,1-8H3/t30?,36-,37-,38+/m1/s1. The Bertz CT molecular complexity index is 1710. The topological polar surface area (TPSA) is 141 Å². The molecule has 0 aliphatic heterocycles. The lowest BCUT2D eigenvalue weighted by molar-refractivity contribution is -0.178. The van der Waals surface area contributed by atoms with E-state index in [0.717, 1.165) is 42.9 Å². The third kappa shape index (κ3) is 4.71. The summed E-state index contributed by atoms with van der Waals surface area (Å²) in [6.07, 6.45) is 3.21. The van der Waals surface area contributed by atoms with E-state index in [2.05, 4.69) is 19.9 Å². The minimum atomic E-state index is -2.64. The molecule has 246 valence electrons. The number of aryl methyl sites for hydroxylation is 1. The lowest BCUT2D eigenvalue weighted by Gasteiger charge is -2.59. The fourth-order valence-corrected chi connectivity index (χ4v) is 8.81. The maximum absolute atomic E-state index is 14.6. The predicted molar refractivity (Wildman–Crippen MR) is 176 cm³/mol. The van der Waals surface area contributed by atoms with E-state index >= 15 is 0 Å². The number of allylic oxidation sites excluding steroid dienone is 1. The molecule has 1 unspecified atom stereocenters. The summed E-state index contributed by atoms with van der Waals surface area (Å²) in [4.78, 5) is 41.0. The number of fused-ring (bicyclic) bond motifs is 3. The number of aromatic hydroxyl groups is 1. The first kappa shape index (κ1) is 33.5. The summed E-state index contributed by atoms with van der Waals surface area (Å²) < 4.78 is 5.77. The first-order chi connectivity index (χ1) is 21.4. The van der Waals surface area contributed by atoms with Crippen molar-refractivity contribution in [2.45, 2.75) is 86.2 Å². The molecule has 8 nitrogen and oxygen atoms in total. The van der Waals surface area contributed by atoms with Crippen molar-refractivity contribution in [1.29, 1.82) is 0 Å². The van der Waals surface area contributed by atoms with E-state index in [-0.39, 0.29) is 35.6 Å². The zero-order valence-electron chi connectivity index (χ0n) is 28.1. The molecule has 0 aromatic heterocycles. The molecule has 3 aliphatic carbocycles. The second kappa shape index (κ2) is 11.4. The van der Waals surface area contributed by atoms with Gasteiger partial charge in [-0.2, -0.15) is 0 Å². The molecule has 3 aliphatic rings. The molecule has 4 atom stereocenters. The Morgan fingerprint density at radius 3 is 2.28 bits per heavy atom. The minimum Gasteiger partial charge on any atom is -0.508 e. The molecular formula is C38H46O8. The predicted octanol–water partition coefficient (Wildman–Crippen LogP) is 6.84. The van der Waals surface area contributed by atoms with Crippen LogP contribution in [0.15, 0.2) is 47.2 Å². The van der Waals surface area contributed by atoms with Crippen LogP contribution in [0.2, 0.25) is 0 Å². The number of rotatable bonds is 8. The average molecular weight is 631 g/mol. The highest BCUT2D eigenvalue weighted by molar-refractivity contribution is 6.24. The van der Waals surface area contributed by atoms with Gasteiger partial charge in [-0.05, 0) is 79.3 Å². The summed E-state index contributed by atoms with van der Waals surface area (Å²) in [5.41, 5.74) is -2.69. The van der Waals surface area contributed by atoms with Gasteiger partial charge in [0.25, 0.3) is 0 Å². The number of carbonyl (C=O) groups excluding carboxylic acids is 3. The van der Waals surface area contributed by atoms with E-state index in [9.17, 15) is 34.8 Å². The van der Waals surface area contributed by atoms with Gasteiger partial charge in [0.2, 0.25) is 5.78 Å². The number of phenols is 1. The van der Waals surface area contributed by atoms with Crippen molar-refractivity contribution in [3.05, 3.63) is 63.9 Å². The van der Waals surface area contributed by atoms with Crippen LogP contribution in [0.25, 0.3) is 16.9 Å². The van der Waals surface area contributed by atoms with Crippen LogP contribution in [0.3, 0.4) is 0 Å². The Morgan fingerprint density at radius 2 is 1.70 bits per heavy atom. The van der Waals surface area contributed by atoms with E-state index in [1.54, 1.807) is 40.9 Å². The van der Waals surface area contributed by atoms with Crippen LogP contribution in [-0.2, 0) is 27.2 Å². The average Bonchev–Trinajstić information content (AvgIpc) is 2.94. The fourth-order valence-electron chi connectivity index (χ4n) is 8.81. The number of hydrogen-bond donors (Lipinski definition) is 4. The van der Waals surface area contributed by atoms with Crippen LogP contribution < -0.4 is 4.74 Å². The summed E-state index contributed by atoms with van der Waals surface area (Å²) >= 11 is 0. The zero-order valence-corrected chi connectivity index (χ0v) is 28.1. The lowest BCUT2D eigenvalue weighted by atomic mass is 9.43. The Hall–Kier alpha value is -3.91. The van der Waals surface area contributed by atoms with Crippen LogP contribution >= 0.6 is 0 Å². The second-order valence-electron chi connectivity index (χ2n) is 14.8. The Labute approximate surface area is 270 Å². The van der Waals surface area contributed by atoms with Crippen molar-refractivity contribution in [2.75, 3.05) is 7.11 Å². The van der Waals surface area contributed by atoms with Crippen molar-refractivity contribution in [2.24, 2.45) is 28.6 Å². The number of methoxy groups -OCH3 is 1. The van der Waals surface area contributed by atoms with Gasteiger partial charge < -0.3 is 25.2 Å². The molecule has 1 fully saturated rings. The maximum Gasteiger partial charge on any atom is 0.203 e. The molecule has 4 N–H and O–H groups in total. The maximum atomic E-state index is 14.6. The van der Waals surface area contributed by atoms with Gasteiger partial charge in [0.1, 0.15) is 28.6 Å². The number of Topliss-reactive ketones (excluding diaryl/α,β-unsaturated/α-hetero) is 3. The van der Waals surface area contributed by atoms with Gasteiger partial charge in [-0.1, -0.05) is 60.1 Å². The molecule has 2 aromatic carbocycles. The molecule has 46 heavy (non-hydrogen) atoms. The van der Waals surface area contributed by atoms with Crippen LogP contribution in [0.4, 0.5) is 0 Å². The summed E-state index contributed by atoms with van der Waals surface area (Å²) in [6.45, 7) is 12.5. The third-order valence-electron chi connectivity index (χ3n) is 10.7. The highest BCUT2D eigenvalue weighted by Crippen LogP contribution is 2.65. The molecule has 0 saturated heterocycles. The highest BCUT2D eigenvalue weighted by Gasteiger charge is 2.72. The minimum absolute atomic E-state index is 0.0341. The van der Waals surface area contributed by atoms with E-state index in [4.69, 9.17) is 4.74 Å². The molecule has 0 spiro atoms. The number of ketones is 3. The molecule has 0 radical (unpaired) electrons. The van der Waals surface area contributed by atoms with E-state index in [1.165, 1.54) is 6.07 Å². The molecule has 1 saturated carbocycles. The van der Waals surface area contributed by atoms with Gasteiger partial charge in [-0.15, -0.1) is 0 Å². The highest BCUT2D eigenvalue weighted by atomic mass is 16.5. The largest absolute Gasteiger partial charge is 0.508 e. The van der Waals surface area contributed by atoms with E-state index in [0.29, 0.717) is 17.2 Å². The summed E-state index contributed by atoms with van der Waals surface area (Å²) in [5, 5.41) is 46.7. The Kier molecular flexibility index (Phi) is 8.30. The van der Waals surface area contributed by atoms with Crippen molar-refractivity contribution in [1.82, 2.24) is 0 Å². The molecule has 2 aromatic rings. The zero-order chi connectivity index (χ0) is 34.1. The quantitative estimate of drug-likeness (QED) is 0.232. The van der Waals surface area contributed by atoms with Gasteiger partial charge in [-0.25, -0.2) is 0 Å². The van der Waals surface area contributed by atoms with Crippen molar-refractivity contribution >= 4 is 23.1 Å². The van der Waals surface area contributed by atoms with E-state index < -0.39 is 56.8 Å². The molecule has 8 heteroatoms. The monoisotopic (exact) mass is 630 g/mol. The SMILES string of the molecule is COc1ccc(CCCC(C)C)cc1-c1ccc(O)c2c1C[C@]1(C)C[C@]3(C)C(C(C)C)C(=O)C(C(C)=O)=C(O)[C@]3(O)C(=O)C1=C2O. The van der Waals surface area contributed by atoms with Crippen LogP contribution in [0.5, 0.6) is 11.5 Å². The number of ether oxygens (including phenoxy) is 1. The molecule has 0 bridgehead atoms. The van der Waals surface area contributed by atoms with Gasteiger partial charge in [0.05, 0.1) is 12.7 Å². The fraction of sp³-hybridized carbons (Fsp3) is 0.500. The summed E-state index contributed by atoms with van der Waals surface area (Å²) in [7, 11) is 1.59. The van der Waals surface area contributed by atoms with Crippen LogP contribution in [-0.4, -0.2) is 50.5 Å². The number of hydrogen-bond acceptors (Lipinski definition) is 8. The number of benzene rings is 2. The van der Waals surface area contributed by atoms with Crippen molar-refractivity contribution < 1.29 is 39.5 Å². The number of aliphatic hydroxyl groups is 3. The van der Waals surface area contributed by atoms with Crippen molar-refractivity contribution in [3.63, 3.8) is 0 Å². The smallest absolute Gasteiger partial charge is 0.203 e. The van der Waals surface area contributed by atoms with Gasteiger partial charge in [0.15, 0.2) is 17.2 Å². The van der Waals surface area contributed by atoms with E-state index in [1.807, 2.05) is 12.1 Å².